The molecule has 9 nitrogen and oxygen atoms in total. The summed E-state index contributed by atoms with van der Waals surface area (Å²) in [6.07, 6.45) is 1.30. The topological polar surface area (TPSA) is 140 Å². The van der Waals surface area contributed by atoms with Crippen molar-refractivity contribution < 1.29 is 9.72 Å². The van der Waals surface area contributed by atoms with E-state index in [9.17, 15) is 14.9 Å². The molecule has 2 rings (SSSR count). The van der Waals surface area contributed by atoms with Crippen LogP contribution >= 0.6 is 11.6 Å². The molecule has 0 saturated heterocycles. The fourth-order valence-electron chi connectivity index (χ4n) is 1.47. The van der Waals surface area contributed by atoms with Crippen molar-refractivity contribution in [2.45, 2.75) is 6.54 Å². The smallest absolute Gasteiger partial charge is 0.294 e. The van der Waals surface area contributed by atoms with E-state index < -0.39 is 16.5 Å². The second-order valence-electron chi connectivity index (χ2n) is 3.76. The first-order valence-corrected chi connectivity index (χ1v) is 5.72. The number of aromatic nitrogens is 3. The molecule has 0 spiro atoms. The highest BCUT2D eigenvalue weighted by atomic mass is 35.5. The normalized spacial score (nSPS) is 10.2. The van der Waals surface area contributed by atoms with Crippen molar-refractivity contribution in [3.63, 3.8) is 0 Å². The SMILES string of the molecule is Nc1c(Cl)cc(C(=O)NCc2ncn[nH]2)cc1[N+](=O)[O-]. The number of nitrogens with one attached hydrogen (secondary N) is 2. The van der Waals surface area contributed by atoms with E-state index >= 15 is 0 Å². The molecule has 0 aliphatic heterocycles. The molecule has 1 amide bonds. The minimum absolute atomic E-state index is 0.0374. The molecule has 1 aromatic heterocycles. The van der Waals surface area contributed by atoms with Gasteiger partial charge in [-0.1, -0.05) is 11.6 Å². The molecule has 0 aliphatic rings. The third-order valence-electron chi connectivity index (χ3n) is 2.45. The number of nitrogens with zero attached hydrogens (tertiary/aromatic N) is 3. The summed E-state index contributed by atoms with van der Waals surface area (Å²) in [5.74, 6) is -0.0826. The van der Waals surface area contributed by atoms with Gasteiger partial charge in [-0.05, 0) is 6.07 Å². The molecule has 0 radical (unpaired) electrons. The van der Waals surface area contributed by atoms with Gasteiger partial charge in [0.15, 0.2) is 0 Å². The second-order valence-corrected chi connectivity index (χ2v) is 4.17. The number of carbonyl (C=O) groups is 1. The van der Waals surface area contributed by atoms with Gasteiger partial charge in [0.1, 0.15) is 17.8 Å². The first-order valence-electron chi connectivity index (χ1n) is 5.35. The number of aromatic amines is 1. The maximum absolute atomic E-state index is 11.9. The van der Waals surface area contributed by atoms with E-state index in [0.29, 0.717) is 5.82 Å². The van der Waals surface area contributed by atoms with Gasteiger partial charge in [-0.3, -0.25) is 20.0 Å². The van der Waals surface area contributed by atoms with E-state index in [-0.39, 0.29) is 22.8 Å². The molecule has 1 aromatic carbocycles. The van der Waals surface area contributed by atoms with Gasteiger partial charge in [0, 0.05) is 11.6 Å². The van der Waals surface area contributed by atoms with Crippen molar-refractivity contribution in [2.75, 3.05) is 5.73 Å². The number of H-pyrrole nitrogens is 1. The Balaban J connectivity index is 2.19. The van der Waals surface area contributed by atoms with Gasteiger partial charge >= 0.3 is 0 Å². The number of carbonyl (C=O) groups excluding carboxylic acids is 1. The fraction of sp³-hybridized carbons (Fsp3) is 0.100. The van der Waals surface area contributed by atoms with Crippen LogP contribution in [0, 0.1) is 10.1 Å². The second kappa shape index (κ2) is 5.53. The van der Waals surface area contributed by atoms with Crippen LogP contribution in [-0.2, 0) is 6.54 Å². The molecule has 2 aromatic rings. The minimum Gasteiger partial charge on any atom is -0.392 e. The summed E-state index contributed by atoms with van der Waals surface area (Å²) < 4.78 is 0. The summed E-state index contributed by atoms with van der Waals surface area (Å²) >= 11 is 5.77. The third-order valence-corrected chi connectivity index (χ3v) is 2.76. The maximum Gasteiger partial charge on any atom is 0.294 e. The lowest BCUT2D eigenvalue weighted by molar-refractivity contribution is -0.383. The predicted octanol–water partition coefficient (Wildman–Crippen LogP) is 0.878. The molecule has 4 N–H and O–H groups in total. The maximum atomic E-state index is 11.9. The lowest BCUT2D eigenvalue weighted by atomic mass is 10.1. The van der Waals surface area contributed by atoms with Crippen LogP contribution in [0.3, 0.4) is 0 Å². The average Bonchev–Trinajstić information content (AvgIpc) is 2.91. The monoisotopic (exact) mass is 296 g/mol. The third kappa shape index (κ3) is 2.83. The predicted molar refractivity (Wildman–Crippen MR) is 70.1 cm³/mol. The Morgan fingerprint density at radius 3 is 2.90 bits per heavy atom. The van der Waals surface area contributed by atoms with Gasteiger partial charge < -0.3 is 11.1 Å². The first-order chi connectivity index (χ1) is 9.49. The van der Waals surface area contributed by atoms with E-state index in [1.165, 1.54) is 12.4 Å². The molecular formula is C10H9ClN6O3. The zero-order valence-electron chi connectivity index (χ0n) is 9.96. The highest BCUT2D eigenvalue weighted by molar-refractivity contribution is 6.34. The zero-order valence-corrected chi connectivity index (χ0v) is 10.7. The average molecular weight is 297 g/mol. The van der Waals surface area contributed by atoms with E-state index in [4.69, 9.17) is 17.3 Å². The molecule has 0 unspecified atom stereocenters. The molecule has 1 heterocycles. The Kier molecular flexibility index (Phi) is 3.80. The lowest BCUT2D eigenvalue weighted by Crippen LogP contribution is -2.23. The number of rotatable bonds is 4. The summed E-state index contributed by atoms with van der Waals surface area (Å²) in [5, 5.41) is 19.5. The molecule has 0 fully saturated rings. The van der Waals surface area contributed by atoms with Gasteiger partial charge in [0.05, 0.1) is 16.5 Å². The van der Waals surface area contributed by atoms with Crippen molar-refractivity contribution in [1.82, 2.24) is 20.5 Å². The number of benzene rings is 1. The summed E-state index contributed by atoms with van der Waals surface area (Å²) in [4.78, 5) is 25.8. The number of halogens is 1. The van der Waals surface area contributed by atoms with E-state index in [1.807, 2.05) is 0 Å². The molecule has 0 bridgehead atoms. The van der Waals surface area contributed by atoms with Gasteiger partial charge in [0.2, 0.25) is 0 Å². The molecule has 0 aliphatic carbocycles. The molecule has 104 valence electrons. The van der Waals surface area contributed by atoms with Crippen LogP contribution in [0.15, 0.2) is 18.5 Å². The Bertz CT molecular complexity index is 657. The Morgan fingerprint density at radius 2 is 2.30 bits per heavy atom. The van der Waals surface area contributed by atoms with Crippen LogP contribution in [0.25, 0.3) is 0 Å². The largest absolute Gasteiger partial charge is 0.392 e. The number of hydrogen-bond acceptors (Lipinski definition) is 6. The number of nitrogens with two attached hydrogens (primary N) is 1. The standard InChI is InChI=1S/C10H9ClN6O3/c11-6-1-5(2-7(9(6)12)17(19)20)10(18)13-3-8-14-4-15-16-8/h1-2,4H,3,12H2,(H,13,18)(H,14,15,16). The van der Waals surface area contributed by atoms with E-state index in [1.54, 1.807) is 0 Å². The number of nitro groups is 1. The van der Waals surface area contributed by atoms with Gasteiger partial charge in [-0.2, -0.15) is 5.10 Å². The quantitative estimate of drug-likeness (QED) is 0.434. The lowest BCUT2D eigenvalue weighted by Gasteiger charge is -2.06. The number of nitrogen functional groups attached to an aromatic ring is 1. The first kappa shape index (κ1) is 13.7. The highest BCUT2D eigenvalue weighted by Gasteiger charge is 2.19. The molecule has 10 heteroatoms. The molecule has 20 heavy (non-hydrogen) atoms. The van der Waals surface area contributed by atoms with Crippen LogP contribution in [0.2, 0.25) is 5.02 Å². The van der Waals surface area contributed by atoms with Crippen LogP contribution < -0.4 is 11.1 Å². The fourth-order valence-corrected chi connectivity index (χ4v) is 1.68. The minimum atomic E-state index is -0.700. The van der Waals surface area contributed by atoms with Gasteiger partial charge in [-0.25, -0.2) is 4.98 Å². The van der Waals surface area contributed by atoms with E-state index in [0.717, 1.165) is 6.07 Å². The summed E-state index contributed by atoms with van der Waals surface area (Å²) in [6.45, 7) is 0.106. The van der Waals surface area contributed by atoms with Crippen LogP contribution in [0.5, 0.6) is 0 Å². The van der Waals surface area contributed by atoms with Crippen LogP contribution in [0.1, 0.15) is 16.2 Å². The van der Waals surface area contributed by atoms with Crippen molar-refractivity contribution >= 4 is 28.9 Å². The Morgan fingerprint density at radius 1 is 1.55 bits per heavy atom. The van der Waals surface area contributed by atoms with Gasteiger partial charge in [0.25, 0.3) is 11.6 Å². The van der Waals surface area contributed by atoms with Gasteiger partial charge in [-0.15, -0.1) is 0 Å². The van der Waals surface area contributed by atoms with E-state index in [2.05, 4.69) is 20.5 Å². The Hall–Kier alpha value is -2.68. The van der Waals surface area contributed by atoms with Crippen molar-refractivity contribution in [3.8, 4) is 0 Å². The number of hydrogen-bond donors (Lipinski definition) is 3. The summed E-state index contributed by atoms with van der Waals surface area (Å²) in [6, 6.07) is 2.33. The summed E-state index contributed by atoms with van der Waals surface area (Å²) in [7, 11) is 0. The number of anilines is 1. The number of nitro benzene ring substituents is 1. The molecule has 0 saturated carbocycles. The van der Waals surface area contributed by atoms with Crippen molar-refractivity contribution in [1.29, 1.82) is 0 Å². The summed E-state index contributed by atoms with van der Waals surface area (Å²) in [5.41, 5.74) is 4.92. The number of amides is 1. The van der Waals surface area contributed by atoms with Crippen molar-refractivity contribution in [3.05, 3.63) is 45.0 Å². The molecular weight excluding hydrogens is 288 g/mol. The zero-order chi connectivity index (χ0) is 14.7. The van der Waals surface area contributed by atoms with Crippen LogP contribution in [-0.4, -0.2) is 26.0 Å². The highest BCUT2D eigenvalue weighted by Crippen LogP contribution is 2.30. The van der Waals surface area contributed by atoms with Crippen molar-refractivity contribution in [2.24, 2.45) is 0 Å². The Labute approximate surface area is 117 Å². The molecule has 0 atom stereocenters. The van der Waals surface area contributed by atoms with Crippen LogP contribution in [0.4, 0.5) is 11.4 Å².